The van der Waals surface area contributed by atoms with Crippen molar-refractivity contribution in [2.24, 2.45) is 5.73 Å². The Morgan fingerprint density at radius 1 is 1.73 bits per heavy atom. The molecule has 0 spiro atoms. The van der Waals surface area contributed by atoms with Crippen LogP contribution in [0.1, 0.15) is 29.8 Å². The molecule has 1 atom stereocenters. The molecule has 0 fully saturated rings. The average molecular weight is 234 g/mol. The fraction of sp³-hybridized carbons (Fsp3) is 0.500. The first-order valence-corrected chi connectivity index (χ1v) is 5.27. The molecular formula is C8H12BrNS. The Morgan fingerprint density at radius 2 is 2.36 bits per heavy atom. The van der Waals surface area contributed by atoms with Crippen LogP contribution in [0.15, 0.2) is 9.85 Å². The molecule has 1 nitrogen and oxygen atoms in total. The molecule has 0 saturated heterocycles. The molecule has 1 heterocycles. The smallest absolute Gasteiger partial charge is 0.0731 e. The molecule has 0 aliphatic carbocycles. The van der Waals surface area contributed by atoms with Crippen molar-refractivity contribution < 1.29 is 0 Å². The molecule has 1 unspecified atom stereocenters. The molecule has 0 bridgehead atoms. The van der Waals surface area contributed by atoms with Crippen LogP contribution in [0, 0.1) is 6.92 Å². The van der Waals surface area contributed by atoms with Gasteiger partial charge in [-0.3, -0.25) is 0 Å². The zero-order valence-electron chi connectivity index (χ0n) is 6.73. The van der Waals surface area contributed by atoms with Gasteiger partial charge >= 0.3 is 0 Å². The third kappa shape index (κ3) is 2.04. The number of rotatable bonds is 2. The van der Waals surface area contributed by atoms with Crippen molar-refractivity contribution in [1.82, 2.24) is 0 Å². The molecule has 0 aliphatic heterocycles. The fourth-order valence-corrected chi connectivity index (χ4v) is 2.52. The Kier molecular flexibility index (Phi) is 3.10. The average Bonchev–Trinajstić information content (AvgIpc) is 2.31. The van der Waals surface area contributed by atoms with E-state index in [1.807, 2.05) is 0 Å². The van der Waals surface area contributed by atoms with Gasteiger partial charge in [-0.25, -0.2) is 0 Å². The Morgan fingerprint density at radius 3 is 2.73 bits per heavy atom. The summed E-state index contributed by atoms with van der Waals surface area (Å²) in [4.78, 5) is 1.27. The van der Waals surface area contributed by atoms with Gasteiger partial charge in [0.15, 0.2) is 0 Å². The van der Waals surface area contributed by atoms with Crippen LogP contribution in [0.5, 0.6) is 0 Å². The Balaban J connectivity index is 2.88. The van der Waals surface area contributed by atoms with E-state index in [-0.39, 0.29) is 6.04 Å². The zero-order valence-corrected chi connectivity index (χ0v) is 9.13. The predicted octanol–water partition coefficient (Wildman–Crippen LogP) is 3.23. The molecule has 0 amide bonds. The predicted molar refractivity (Wildman–Crippen MR) is 54.0 cm³/mol. The first kappa shape index (κ1) is 9.23. The van der Waals surface area contributed by atoms with Crippen LogP contribution in [0.4, 0.5) is 0 Å². The number of aryl methyl sites for hydroxylation is 1. The summed E-state index contributed by atoms with van der Waals surface area (Å²) in [6.45, 7) is 4.19. The minimum absolute atomic E-state index is 0.213. The monoisotopic (exact) mass is 233 g/mol. The molecule has 62 valence electrons. The van der Waals surface area contributed by atoms with E-state index in [1.54, 1.807) is 11.3 Å². The summed E-state index contributed by atoms with van der Waals surface area (Å²) in [5.41, 5.74) is 7.15. The van der Waals surface area contributed by atoms with Gasteiger partial charge in [-0.2, -0.15) is 0 Å². The first-order valence-electron chi connectivity index (χ1n) is 3.66. The van der Waals surface area contributed by atoms with E-state index in [4.69, 9.17) is 5.73 Å². The second-order valence-electron chi connectivity index (χ2n) is 2.62. The topological polar surface area (TPSA) is 26.0 Å². The van der Waals surface area contributed by atoms with E-state index in [0.29, 0.717) is 0 Å². The number of hydrogen-bond donors (Lipinski definition) is 1. The van der Waals surface area contributed by atoms with Crippen molar-refractivity contribution in [2.75, 3.05) is 0 Å². The van der Waals surface area contributed by atoms with Crippen LogP contribution in [-0.2, 0) is 0 Å². The summed E-state index contributed by atoms with van der Waals surface area (Å²) < 4.78 is 1.20. The highest BCUT2D eigenvalue weighted by atomic mass is 79.9. The Bertz CT molecular complexity index is 225. The maximum absolute atomic E-state index is 5.87. The van der Waals surface area contributed by atoms with Crippen molar-refractivity contribution in [3.05, 3.63) is 20.3 Å². The van der Waals surface area contributed by atoms with Crippen LogP contribution in [0.3, 0.4) is 0 Å². The molecule has 1 rings (SSSR count). The van der Waals surface area contributed by atoms with E-state index in [2.05, 4.69) is 35.8 Å². The van der Waals surface area contributed by atoms with E-state index >= 15 is 0 Å². The maximum atomic E-state index is 5.87. The second-order valence-corrected chi connectivity index (χ2v) is 5.02. The molecule has 0 saturated carbocycles. The molecule has 0 aliphatic rings. The summed E-state index contributed by atoms with van der Waals surface area (Å²) in [6, 6.07) is 2.37. The fourth-order valence-electron chi connectivity index (χ4n) is 0.867. The largest absolute Gasteiger partial charge is 0.323 e. The maximum Gasteiger partial charge on any atom is 0.0731 e. The quantitative estimate of drug-likeness (QED) is 0.835. The van der Waals surface area contributed by atoms with Crippen LogP contribution in [0.25, 0.3) is 0 Å². The molecule has 0 aromatic carbocycles. The Hall–Kier alpha value is 0.140. The highest BCUT2D eigenvalue weighted by Gasteiger charge is 2.08. The standard InChI is InChI=1S/C8H12BrNS/c1-3-6(10)7-4-5(2)8(9)11-7/h4,6H,3,10H2,1-2H3. The zero-order chi connectivity index (χ0) is 8.43. The van der Waals surface area contributed by atoms with Crippen molar-refractivity contribution in [2.45, 2.75) is 26.3 Å². The van der Waals surface area contributed by atoms with Gasteiger partial charge < -0.3 is 5.73 Å². The summed E-state index contributed by atoms with van der Waals surface area (Å²) in [5.74, 6) is 0. The number of thiophene rings is 1. The van der Waals surface area contributed by atoms with E-state index in [0.717, 1.165) is 6.42 Å². The SMILES string of the molecule is CCC(N)c1cc(C)c(Br)s1. The van der Waals surface area contributed by atoms with Gasteiger partial charge in [0.2, 0.25) is 0 Å². The van der Waals surface area contributed by atoms with Gasteiger partial charge in [0.1, 0.15) is 0 Å². The molecule has 2 N–H and O–H groups in total. The summed E-state index contributed by atoms with van der Waals surface area (Å²) >= 11 is 5.22. The highest BCUT2D eigenvalue weighted by Crippen LogP contribution is 2.31. The van der Waals surface area contributed by atoms with Crippen molar-refractivity contribution >= 4 is 27.3 Å². The van der Waals surface area contributed by atoms with Crippen molar-refractivity contribution in [1.29, 1.82) is 0 Å². The lowest BCUT2D eigenvalue weighted by molar-refractivity contribution is 0.712. The molecule has 1 aromatic rings. The van der Waals surface area contributed by atoms with Gasteiger partial charge in [-0.15, -0.1) is 11.3 Å². The molecular weight excluding hydrogens is 222 g/mol. The van der Waals surface area contributed by atoms with Crippen molar-refractivity contribution in [3.8, 4) is 0 Å². The highest BCUT2D eigenvalue weighted by molar-refractivity contribution is 9.11. The molecule has 0 radical (unpaired) electrons. The van der Waals surface area contributed by atoms with E-state index in [9.17, 15) is 0 Å². The van der Waals surface area contributed by atoms with Gasteiger partial charge in [0, 0.05) is 10.9 Å². The lowest BCUT2D eigenvalue weighted by Crippen LogP contribution is -2.05. The minimum atomic E-state index is 0.213. The van der Waals surface area contributed by atoms with E-state index in [1.165, 1.54) is 14.2 Å². The van der Waals surface area contributed by atoms with Crippen molar-refractivity contribution in [3.63, 3.8) is 0 Å². The van der Waals surface area contributed by atoms with Crippen LogP contribution >= 0.6 is 27.3 Å². The van der Waals surface area contributed by atoms with Crippen LogP contribution in [-0.4, -0.2) is 0 Å². The molecule has 11 heavy (non-hydrogen) atoms. The molecule has 1 aromatic heterocycles. The van der Waals surface area contributed by atoms with Crippen LogP contribution in [0.2, 0.25) is 0 Å². The molecule has 3 heteroatoms. The van der Waals surface area contributed by atoms with Crippen LogP contribution < -0.4 is 5.73 Å². The normalized spacial score (nSPS) is 13.5. The van der Waals surface area contributed by atoms with Gasteiger partial charge in [0.25, 0.3) is 0 Å². The number of hydrogen-bond acceptors (Lipinski definition) is 2. The second kappa shape index (κ2) is 3.70. The summed E-state index contributed by atoms with van der Waals surface area (Å²) in [7, 11) is 0. The minimum Gasteiger partial charge on any atom is -0.323 e. The lowest BCUT2D eigenvalue weighted by atomic mass is 10.2. The third-order valence-corrected chi connectivity index (χ3v) is 3.95. The van der Waals surface area contributed by atoms with Gasteiger partial charge in [-0.1, -0.05) is 6.92 Å². The number of nitrogens with two attached hydrogens (primary N) is 1. The van der Waals surface area contributed by atoms with E-state index < -0.39 is 0 Å². The lowest BCUT2D eigenvalue weighted by Gasteiger charge is -2.03. The Labute approximate surface area is 79.7 Å². The number of halogens is 1. The summed E-state index contributed by atoms with van der Waals surface area (Å²) in [5, 5.41) is 0. The first-order chi connectivity index (χ1) is 5.15. The van der Waals surface area contributed by atoms with Gasteiger partial charge in [0.05, 0.1) is 3.79 Å². The van der Waals surface area contributed by atoms with Gasteiger partial charge in [-0.05, 0) is 40.9 Å². The third-order valence-electron chi connectivity index (χ3n) is 1.68. The summed E-state index contributed by atoms with van der Waals surface area (Å²) in [6.07, 6.45) is 1.01.